The Kier molecular flexibility index (Phi) is 5.40. The van der Waals surface area contributed by atoms with Crippen molar-refractivity contribution in [3.63, 3.8) is 0 Å². The SMILES string of the molecule is CCc1nsc(SCCC2CCCC2(NC)C(=O)O)n1. The maximum absolute atomic E-state index is 11.6. The summed E-state index contributed by atoms with van der Waals surface area (Å²) in [5.41, 5.74) is -0.726. The van der Waals surface area contributed by atoms with Crippen LogP contribution in [0.5, 0.6) is 0 Å². The number of carboxylic acids is 1. The summed E-state index contributed by atoms with van der Waals surface area (Å²) in [7, 11) is 1.76. The van der Waals surface area contributed by atoms with E-state index < -0.39 is 11.5 Å². The normalized spacial score (nSPS) is 26.0. The second-order valence-corrected chi connectivity index (χ2v) is 7.18. The Labute approximate surface area is 127 Å². The second kappa shape index (κ2) is 6.87. The molecule has 0 bridgehead atoms. The van der Waals surface area contributed by atoms with Gasteiger partial charge < -0.3 is 10.4 Å². The predicted molar refractivity (Wildman–Crippen MR) is 81.4 cm³/mol. The van der Waals surface area contributed by atoms with Gasteiger partial charge in [-0.1, -0.05) is 25.1 Å². The Hall–Kier alpha value is -0.660. The van der Waals surface area contributed by atoms with Crippen molar-refractivity contribution in [3.05, 3.63) is 5.82 Å². The Morgan fingerprint density at radius 2 is 2.45 bits per heavy atom. The maximum Gasteiger partial charge on any atom is 0.324 e. The number of carboxylic acid groups (broad SMARTS) is 1. The predicted octanol–water partition coefficient (Wildman–Crippen LogP) is 2.43. The van der Waals surface area contributed by atoms with Gasteiger partial charge in [0.2, 0.25) is 0 Å². The summed E-state index contributed by atoms with van der Waals surface area (Å²) in [5.74, 6) is 1.29. The van der Waals surface area contributed by atoms with Crippen molar-refractivity contribution in [1.82, 2.24) is 14.7 Å². The molecule has 1 aromatic heterocycles. The molecule has 1 aliphatic rings. The molecule has 112 valence electrons. The first kappa shape index (κ1) is 15.7. The molecular weight excluding hydrogens is 294 g/mol. The van der Waals surface area contributed by atoms with Crippen LogP contribution in [0.4, 0.5) is 0 Å². The third-order valence-corrected chi connectivity index (χ3v) is 6.01. The number of thioether (sulfide) groups is 1. The molecule has 2 N–H and O–H groups in total. The van der Waals surface area contributed by atoms with Crippen molar-refractivity contribution in [2.45, 2.75) is 48.9 Å². The smallest absolute Gasteiger partial charge is 0.324 e. The van der Waals surface area contributed by atoms with E-state index >= 15 is 0 Å². The molecule has 0 aliphatic heterocycles. The highest BCUT2D eigenvalue weighted by molar-refractivity contribution is 8.00. The van der Waals surface area contributed by atoms with Crippen LogP contribution in [0.25, 0.3) is 0 Å². The van der Waals surface area contributed by atoms with Crippen LogP contribution in [-0.4, -0.2) is 38.8 Å². The standard InChI is InChI=1S/C13H21N3O2S2/c1-3-10-15-12(20-16-10)19-8-6-9-5-4-7-13(9,14-2)11(17)18/h9,14H,3-8H2,1-2H3,(H,17,18). The minimum Gasteiger partial charge on any atom is -0.480 e. The van der Waals surface area contributed by atoms with Crippen LogP contribution in [0.2, 0.25) is 0 Å². The lowest BCUT2D eigenvalue weighted by molar-refractivity contribution is -0.146. The first-order valence-electron chi connectivity index (χ1n) is 7.00. The van der Waals surface area contributed by atoms with E-state index in [1.807, 2.05) is 6.92 Å². The molecule has 0 saturated heterocycles. The fraction of sp³-hybridized carbons (Fsp3) is 0.769. The number of rotatable bonds is 7. The number of nitrogens with zero attached hydrogens (tertiary/aromatic N) is 2. The highest BCUT2D eigenvalue weighted by Gasteiger charge is 2.47. The second-order valence-electron chi connectivity index (χ2n) is 5.08. The first-order valence-corrected chi connectivity index (χ1v) is 8.76. The Morgan fingerprint density at radius 3 is 3.05 bits per heavy atom. The van der Waals surface area contributed by atoms with Gasteiger partial charge in [-0.2, -0.15) is 4.37 Å². The van der Waals surface area contributed by atoms with Gasteiger partial charge >= 0.3 is 5.97 Å². The number of likely N-dealkylation sites (N-methyl/N-ethyl adjacent to an activating group) is 1. The van der Waals surface area contributed by atoms with Crippen LogP contribution in [0.1, 0.15) is 38.4 Å². The van der Waals surface area contributed by atoms with Crippen molar-refractivity contribution in [2.75, 3.05) is 12.8 Å². The molecule has 0 amide bonds. The van der Waals surface area contributed by atoms with Gasteiger partial charge in [0.05, 0.1) is 0 Å². The molecule has 2 atom stereocenters. The van der Waals surface area contributed by atoms with Crippen molar-refractivity contribution in [1.29, 1.82) is 0 Å². The molecule has 1 saturated carbocycles. The molecule has 0 spiro atoms. The van der Waals surface area contributed by atoms with Gasteiger partial charge in [0.15, 0.2) is 4.34 Å². The number of carbonyl (C=O) groups is 1. The molecule has 20 heavy (non-hydrogen) atoms. The van der Waals surface area contributed by atoms with Crippen molar-refractivity contribution in [3.8, 4) is 0 Å². The summed E-state index contributed by atoms with van der Waals surface area (Å²) in [6, 6.07) is 0. The highest BCUT2D eigenvalue weighted by Crippen LogP contribution is 2.39. The monoisotopic (exact) mass is 315 g/mol. The molecule has 1 aromatic rings. The van der Waals surface area contributed by atoms with Crippen LogP contribution >= 0.6 is 23.3 Å². The summed E-state index contributed by atoms with van der Waals surface area (Å²) >= 11 is 3.13. The van der Waals surface area contributed by atoms with Crippen molar-refractivity contribution < 1.29 is 9.90 Å². The molecule has 2 rings (SSSR count). The van der Waals surface area contributed by atoms with E-state index in [-0.39, 0.29) is 5.92 Å². The zero-order valence-corrected chi connectivity index (χ0v) is 13.5. The minimum absolute atomic E-state index is 0.205. The number of aromatic nitrogens is 2. The van der Waals surface area contributed by atoms with E-state index in [9.17, 15) is 9.90 Å². The van der Waals surface area contributed by atoms with Gasteiger partial charge in [-0.25, -0.2) is 4.98 Å². The molecule has 1 heterocycles. The molecule has 2 unspecified atom stereocenters. The van der Waals surface area contributed by atoms with E-state index in [0.717, 1.165) is 48.0 Å². The van der Waals surface area contributed by atoms with E-state index in [0.29, 0.717) is 0 Å². The average molecular weight is 315 g/mol. The van der Waals surface area contributed by atoms with Gasteiger partial charge in [0.25, 0.3) is 0 Å². The van der Waals surface area contributed by atoms with Gasteiger partial charge in [0.1, 0.15) is 11.4 Å². The largest absolute Gasteiger partial charge is 0.480 e. The van der Waals surface area contributed by atoms with Crippen LogP contribution in [0.15, 0.2) is 4.34 Å². The molecular formula is C13H21N3O2S2. The van der Waals surface area contributed by atoms with Gasteiger partial charge in [-0.05, 0) is 43.8 Å². The van der Waals surface area contributed by atoms with Crippen molar-refractivity contribution in [2.24, 2.45) is 5.92 Å². The third kappa shape index (κ3) is 3.15. The van der Waals surface area contributed by atoms with E-state index in [1.54, 1.807) is 18.8 Å². The minimum atomic E-state index is -0.726. The summed E-state index contributed by atoms with van der Waals surface area (Å²) in [6.07, 6.45) is 4.47. The number of nitrogens with one attached hydrogen (secondary N) is 1. The quantitative estimate of drug-likeness (QED) is 0.753. The molecule has 5 nitrogen and oxygen atoms in total. The summed E-state index contributed by atoms with van der Waals surface area (Å²) in [6.45, 7) is 2.04. The van der Waals surface area contributed by atoms with Crippen LogP contribution in [0.3, 0.4) is 0 Å². The molecule has 0 radical (unpaired) electrons. The van der Waals surface area contributed by atoms with E-state index in [2.05, 4.69) is 14.7 Å². The van der Waals surface area contributed by atoms with Crippen LogP contribution in [-0.2, 0) is 11.2 Å². The van der Waals surface area contributed by atoms with Crippen LogP contribution in [0, 0.1) is 5.92 Å². The zero-order valence-electron chi connectivity index (χ0n) is 11.9. The lowest BCUT2D eigenvalue weighted by atomic mass is 9.85. The third-order valence-electron chi connectivity index (χ3n) is 4.11. The number of hydrogen-bond donors (Lipinski definition) is 2. The lowest BCUT2D eigenvalue weighted by Crippen LogP contribution is -2.53. The van der Waals surface area contributed by atoms with Gasteiger partial charge in [0, 0.05) is 12.2 Å². The van der Waals surface area contributed by atoms with E-state index in [1.165, 1.54) is 11.5 Å². The van der Waals surface area contributed by atoms with Gasteiger partial charge in [-0.15, -0.1) is 0 Å². The van der Waals surface area contributed by atoms with E-state index in [4.69, 9.17) is 0 Å². The van der Waals surface area contributed by atoms with Gasteiger partial charge in [-0.3, -0.25) is 4.79 Å². The summed E-state index contributed by atoms with van der Waals surface area (Å²) in [5, 5.41) is 12.6. The Bertz CT molecular complexity index is 466. The molecule has 1 fully saturated rings. The highest BCUT2D eigenvalue weighted by atomic mass is 32.2. The lowest BCUT2D eigenvalue weighted by Gasteiger charge is -2.30. The number of aliphatic carboxylic acids is 1. The summed E-state index contributed by atoms with van der Waals surface area (Å²) in [4.78, 5) is 16.0. The Morgan fingerprint density at radius 1 is 1.65 bits per heavy atom. The van der Waals surface area contributed by atoms with Crippen molar-refractivity contribution >= 4 is 29.3 Å². The van der Waals surface area contributed by atoms with Crippen LogP contribution < -0.4 is 5.32 Å². The fourth-order valence-corrected chi connectivity index (χ4v) is 4.73. The number of aryl methyl sites for hydroxylation is 1. The molecule has 1 aliphatic carbocycles. The Balaban J connectivity index is 1.88. The summed E-state index contributed by atoms with van der Waals surface area (Å²) < 4.78 is 5.25. The maximum atomic E-state index is 11.6. The fourth-order valence-electron chi connectivity index (χ4n) is 2.91. The molecule has 7 heteroatoms. The zero-order chi connectivity index (χ0) is 14.6. The topological polar surface area (TPSA) is 75.1 Å². The first-order chi connectivity index (χ1) is 9.62. The molecule has 0 aromatic carbocycles. The number of hydrogen-bond acceptors (Lipinski definition) is 6. The average Bonchev–Trinajstić information content (AvgIpc) is 3.05.